The second kappa shape index (κ2) is 17.2. The van der Waals surface area contributed by atoms with Gasteiger partial charge in [-0.05, 0) is 0 Å². The standard InChI is InChI=1S/Al.Mg.Sn.Zn. The second-order valence-electron chi connectivity index (χ2n) is 0. The maximum atomic E-state index is 0. The summed E-state index contributed by atoms with van der Waals surface area (Å²) in [4.78, 5) is 0. The minimum Gasteiger partial charge on any atom is 0 e. The molecule has 0 aliphatic rings. The predicted octanol–water partition coefficient (Wildman–Crippen LogP) is -1.14. The number of hydrogen-bond donors (Lipinski definition) is 0. The summed E-state index contributed by atoms with van der Waals surface area (Å²) >= 11 is 0. The summed E-state index contributed by atoms with van der Waals surface area (Å²) in [6.07, 6.45) is 0. The Hall–Kier alpha value is 2.72. The summed E-state index contributed by atoms with van der Waals surface area (Å²) in [5.74, 6) is 0. The van der Waals surface area contributed by atoms with Gasteiger partial charge in [0.25, 0.3) is 0 Å². The molecule has 0 N–H and O–H groups in total. The average Bonchev–Trinajstić information content (AvgIpc) is 0. The first kappa shape index (κ1) is 29.7. The Morgan fingerprint density at radius 2 is 1.00 bits per heavy atom. The molecule has 0 aromatic rings. The van der Waals surface area contributed by atoms with Gasteiger partial charge in [-0.1, -0.05) is 0 Å². The number of hydrogen-bond acceptors (Lipinski definition) is 0. The fourth-order valence-electron chi connectivity index (χ4n) is 0. The Morgan fingerprint density at radius 1 is 1.00 bits per heavy atom. The van der Waals surface area contributed by atoms with Gasteiger partial charge in [0, 0.05) is 83.8 Å². The third-order valence-electron chi connectivity index (χ3n) is 0. The van der Waals surface area contributed by atoms with Gasteiger partial charge < -0.3 is 0 Å². The van der Waals surface area contributed by atoms with Crippen molar-refractivity contribution in [3.63, 3.8) is 0 Å². The van der Waals surface area contributed by atoms with Gasteiger partial charge in [-0.3, -0.25) is 0 Å². The van der Waals surface area contributed by atoms with E-state index in [0.29, 0.717) is 0 Å². The smallest absolute Gasteiger partial charge is 0 e. The van der Waals surface area contributed by atoms with E-state index in [4.69, 9.17) is 0 Å². The molecule has 0 aliphatic carbocycles. The van der Waals surface area contributed by atoms with E-state index in [1.54, 1.807) is 0 Å². The first-order valence-corrected chi connectivity index (χ1v) is 0. The maximum Gasteiger partial charge on any atom is 0 e. The van der Waals surface area contributed by atoms with Crippen molar-refractivity contribution in [1.29, 1.82) is 0 Å². The van der Waals surface area contributed by atoms with Crippen LogP contribution < -0.4 is 0 Å². The molecule has 0 heterocycles. The molecule has 0 aromatic carbocycles. The van der Waals surface area contributed by atoms with Crippen LogP contribution in [0.3, 0.4) is 0 Å². The molecule has 0 aromatic heterocycles. The normalized spacial score (nSPS) is 0. The van der Waals surface area contributed by atoms with Crippen LogP contribution in [0.25, 0.3) is 0 Å². The topological polar surface area (TPSA) is 0 Å². The van der Waals surface area contributed by atoms with Gasteiger partial charge in [-0.15, -0.1) is 0 Å². The Labute approximate surface area is 82.5 Å². The summed E-state index contributed by atoms with van der Waals surface area (Å²) in [7, 11) is 0. The monoisotopic (exact) mass is 235 g/mol. The fraction of sp³-hybridized carbons (Fsp3) is 0. The van der Waals surface area contributed by atoms with Crippen molar-refractivity contribution in [3.05, 3.63) is 0 Å². The zero-order valence-electron chi connectivity index (χ0n) is 2.49. The zero-order valence-corrected chi connectivity index (χ0v) is 10.9. The molecule has 0 unspecified atom stereocenters. The van der Waals surface area contributed by atoms with Crippen molar-refractivity contribution >= 4 is 64.3 Å². The van der Waals surface area contributed by atoms with Gasteiger partial charge in [0.2, 0.25) is 0 Å². The van der Waals surface area contributed by atoms with Crippen LogP contribution in [0.5, 0.6) is 0 Å². The van der Waals surface area contributed by atoms with Gasteiger partial charge in [0.15, 0.2) is 0 Å². The summed E-state index contributed by atoms with van der Waals surface area (Å²) in [5, 5.41) is 0. The van der Waals surface area contributed by atoms with Crippen molar-refractivity contribution < 1.29 is 19.5 Å². The van der Waals surface area contributed by atoms with E-state index in [9.17, 15) is 0 Å². The molecule has 0 rings (SSSR count). The fourth-order valence-corrected chi connectivity index (χ4v) is 0. The molecule has 0 fully saturated rings. The van der Waals surface area contributed by atoms with Gasteiger partial charge >= 0.3 is 0 Å². The van der Waals surface area contributed by atoms with Gasteiger partial charge in [0.05, 0.1) is 0 Å². The molecule has 4 heteroatoms. The number of rotatable bonds is 0. The summed E-state index contributed by atoms with van der Waals surface area (Å²) in [5.41, 5.74) is 0. The molecule has 0 atom stereocenters. The molecular weight excluding hydrogens is 235 g/mol. The van der Waals surface area contributed by atoms with Crippen LogP contribution in [0.4, 0.5) is 0 Å². The van der Waals surface area contributed by atoms with Crippen molar-refractivity contribution in [1.82, 2.24) is 0 Å². The molecule has 0 saturated carbocycles. The molecule has 0 amide bonds. The molecule has 0 aliphatic heterocycles. The van der Waals surface area contributed by atoms with Crippen LogP contribution in [-0.4, -0.2) is 64.3 Å². The van der Waals surface area contributed by atoms with Crippen LogP contribution in [0.1, 0.15) is 0 Å². The van der Waals surface area contributed by atoms with Crippen LogP contribution in [0, 0.1) is 0 Å². The van der Waals surface area contributed by atoms with Crippen molar-refractivity contribution in [2.24, 2.45) is 0 Å². The third kappa shape index (κ3) is 8.83. The first-order valence-electron chi connectivity index (χ1n) is 0. The van der Waals surface area contributed by atoms with Crippen molar-refractivity contribution in [2.75, 3.05) is 0 Å². The van der Waals surface area contributed by atoms with Crippen LogP contribution in [0.2, 0.25) is 0 Å². The molecule has 0 nitrogen and oxygen atoms in total. The largest absolute Gasteiger partial charge is 0 e. The molecule has 0 saturated heterocycles. The molecule has 4 heavy (non-hydrogen) atoms. The van der Waals surface area contributed by atoms with Gasteiger partial charge in [-0.2, -0.15) is 0 Å². The van der Waals surface area contributed by atoms with Crippen LogP contribution >= 0.6 is 0 Å². The molecule has 9 radical (unpaired) electrons. The zero-order chi connectivity index (χ0) is 0. The molecule has 0 spiro atoms. The van der Waals surface area contributed by atoms with E-state index in [0.717, 1.165) is 0 Å². The molecule has 0 bridgehead atoms. The van der Waals surface area contributed by atoms with E-state index in [1.165, 1.54) is 0 Å². The summed E-state index contributed by atoms with van der Waals surface area (Å²) in [6, 6.07) is 0. The SMILES string of the molecule is [Al].[Mg].[Sn].[Zn]. The average molecular weight is 235 g/mol. The van der Waals surface area contributed by atoms with Crippen molar-refractivity contribution in [2.45, 2.75) is 0 Å². The minimum atomic E-state index is 0. The molecule has 11 valence electrons. The summed E-state index contributed by atoms with van der Waals surface area (Å²) in [6.45, 7) is 0. The second-order valence-corrected chi connectivity index (χ2v) is 0. The Morgan fingerprint density at radius 3 is 1.00 bits per heavy atom. The van der Waals surface area contributed by atoms with Crippen molar-refractivity contribution in [3.8, 4) is 0 Å². The third-order valence-corrected chi connectivity index (χ3v) is 0. The Kier molecular flexibility index (Phi) is 128. The van der Waals surface area contributed by atoms with Gasteiger partial charge in [0.1, 0.15) is 0 Å². The summed E-state index contributed by atoms with van der Waals surface area (Å²) < 4.78 is 0. The van der Waals surface area contributed by atoms with Gasteiger partial charge in [-0.25, -0.2) is 0 Å². The van der Waals surface area contributed by atoms with E-state index in [2.05, 4.69) is 0 Å². The Bertz CT molecular complexity index is 8.00. The minimum absolute atomic E-state index is 0. The van der Waals surface area contributed by atoms with Crippen LogP contribution in [-0.2, 0) is 19.5 Å². The first-order chi connectivity index (χ1) is 0. The maximum absolute atomic E-state index is 0. The Balaban J connectivity index is 0. The predicted molar refractivity (Wildman–Crippen MR) is 17.3 cm³/mol. The van der Waals surface area contributed by atoms with E-state index in [-0.39, 0.29) is 83.8 Å². The van der Waals surface area contributed by atoms with E-state index in [1.807, 2.05) is 0 Å². The van der Waals surface area contributed by atoms with Crippen LogP contribution in [0.15, 0.2) is 0 Å². The van der Waals surface area contributed by atoms with E-state index < -0.39 is 0 Å². The molecular formula is AlMgSnZn. The quantitative estimate of drug-likeness (QED) is 0.466. The van der Waals surface area contributed by atoms with E-state index >= 15 is 0 Å².